The molecule has 1 heterocycles. The van der Waals surface area contributed by atoms with Crippen LogP contribution in [-0.2, 0) is 14.3 Å². The molecule has 0 radical (unpaired) electrons. The van der Waals surface area contributed by atoms with Crippen LogP contribution in [0.2, 0.25) is 0 Å². The third kappa shape index (κ3) is 5.38. The van der Waals surface area contributed by atoms with Gasteiger partial charge in [0.25, 0.3) is 5.69 Å². The largest absolute Gasteiger partial charge is 0.495 e. The van der Waals surface area contributed by atoms with Crippen molar-refractivity contribution in [3.63, 3.8) is 0 Å². The molecule has 27 heavy (non-hydrogen) atoms. The molecule has 148 valence electrons. The standard InChI is InChI=1S/C17H24N4O6/c1-12(19(2)11-16(22)20-6-8-27-9-7-20)17(23)18-14-10-13(21(24)25)4-5-15(14)26-3/h4-5,10,12H,6-9,11H2,1-3H3,(H,18,23)/t12-/m1/s1. The van der Waals surface area contributed by atoms with Gasteiger partial charge in [0.2, 0.25) is 11.8 Å². The number of amides is 2. The molecule has 1 fully saturated rings. The summed E-state index contributed by atoms with van der Waals surface area (Å²) in [6.07, 6.45) is 0. The van der Waals surface area contributed by atoms with Gasteiger partial charge in [-0.3, -0.25) is 24.6 Å². The second kappa shape index (κ2) is 9.28. The van der Waals surface area contributed by atoms with E-state index in [2.05, 4.69) is 5.32 Å². The summed E-state index contributed by atoms with van der Waals surface area (Å²) in [5.74, 6) is -0.160. The predicted octanol–water partition coefficient (Wildman–Crippen LogP) is 0.721. The number of nitrogens with zero attached hydrogens (tertiary/aromatic N) is 3. The van der Waals surface area contributed by atoms with E-state index in [1.165, 1.54) is 25.3 Å². The summed E-state index contributed by atoms with van der Waals surface area (Å²) >= 11 is 0. The first-order chi connectivity index (χ1) is 12.8. The number of morpholine rings is 1. The maximum absolute atomic E-state index is 12.5. The Balaban J connectivity index is 2.00. The lowest BCUT2D eigenvalue weighted by Gasteiger charge is -2.30. The van der Waals surface area contributed by atoms with E-state index in [-0.39, 0.29) is 23.8 Å². The third-order valence-electron chi connectivity index (χ3n) is 4.44. The minimum Gasteiger partial charge on any atom is -0.495 e. The number of carbonyl (C=O) groups is 2. The zero-order chi connectivity index (χ0) is 20.0. The molecule has 0 spiro atoms. The van der Waals surface area contributed by atoms with Crippen molar-refractivity contribution in [2.75, 3.05) is 52.3 Å². The number of carbonyl (C=O) groups excluding carboxylic acids is 2. The monoisotopic (exact) mass is 380 g/mol. The number of methoxy groups -OCH3 is 1. The Morgan fingerprint density at radius 1 is 1.41 bits per heavy atom. The van der Waals surface area contributed by atoms with E-state index in [4.69, 9.17) is 9.47 Å². The van der Waals surface area contributed by atoms with E-state index in [0.29, 0.717) is 32.1 Å². The van der Waals surface area contributed by atoms with Crippen molar-refractivity contribution in [2.24, 2.45) is 0 Å². The number of hydrogen-bond acceptors (Lipinski definition) is 7. The molecular weight excluding hydrogens is 356 g/mol. The fraction of sp³-hybridized carbons (Fsp3) is 0.529. The molecule has 2 rings (SSSR count). The highest BCUT2D eigenvalue weighted by atomic mass is 16.6. The van der Waals surface area contributed by atoms with Crippen LogP contribution in [0.15, 0.2) is 18.2 Å². The van der Waals surface area contributed by atoms with Crippen molar-refractivity contribution in [2.45, 2.75) is 13.0 Å². The van der Waals surface area contributed by atoms with Crippen LogP contribution in [0.5, 0.6) is 5.75 Å². The van der Waals surface area contributed by atoms with Crippen molar-refractivity contribution < 1.29 is 24.0 Å². The van der Waals surface area contributed by atoms with Crippen LogP contribution in [-0.4, -0.2) is 79.6 Å². The van der Waals surface area contributed by atoms with Crippen molar-refractivity contribution in [3.05, 3.63) is 28.3 Å². The Kier molecular flexibility index (Phi) is 7.08. The summed E-state index contributed by atoms with van der Waals surface area (Å²) in [6, 6.07) is 3.33. The predicted molar refractivity (Wildman–Crippen MR) is 97.8 cm³/mol. The lowest BCUT2D eigenvalue weighted by atomic mass is 10.2. The van der Waals surface area contributed by atoms with Gasteiger partial charge in [-0.1, -0.05) is 0 Å². The molecule has 1 aliphatic heterocycles. The van der Waals surface area contributed by atoms with Crippen LogP contribution in [0.3, 0.4) is 0 Å². The Bertz CT molecular complexity index is 705. The first kappa shape index (κ1) is 20.6. The Hall–Kier alpha value is -2.72. The van der Waals surface area contributed by atoms with Gasteiger partial charge in [0.1, 0.15) is 5.75 Å². The second-order valence-corrected chi connectivity index (χ2v) is 6.22. The Morgan fingerprint density at radius 3 is 2.67 bits per heavy atom. The number of benzene rings is 1. The summed E-state index contributed by atoms with van der Waals surface area (Å²) < 4.78 is 10.4. The number of nitrogens with one attached hydrogen (secondary N) is 1. The van der Waals surface area contributed by atoms with Gasteiger partial charge in [-0.2, -0.15) is 0 Å². The van der Waals surface area contributed by atoms with Crippen LogP contribution in [0.1, 0.15) is 6.92 Å². The summed E-state index contributed by atoms with van der Waals surface area (Å²) in [6.45, 7) is 3.85. The van der Waals surface area contributed by atoms with E-state index >= 15 is 0 Å². The molecule has 1 aliphatic rings. The van der Waals surface area contributed by atoms with Gasteiger partial charge in [0.15, 0.2) is 0 Å². The highest BCUT2D eigenvalue weighted by molar-refractivity contribution is 5.96. The number of anilines is 1. The molecule has 10 heteroatoms. The topological polar surface area (TPSA) is 114 Å². The molecule has 0 saturated carbocycles. The lowest BCUT2D eigenvalue weighted by molar-refractivity contribution is -0.384. The van der Waals surface area contributed by atoms with E-state index in [1.54, 1.807) is 23.8 Å². The average molecular weight is 380 g/mol. The highest BCUT2D eigenvalue weighted by Gasteiger charge is 2.25. The molecule has 1 saturated heterocycles. The quantitative estimate of drug-likeness (QED) is 0.547. The van der Waals surface area contributed by atoms with Gasteiger partial charge in [0, 0.05) is 25.2 Å². The number of hydrogen-bond donors (Lipinski definition) is 1. The minimum atomic E-state index is -0.626. The molecule has 0 aromatic heterocycles. The Morgan fingerprint density at radius 2 is 2.07 bits per heavy atom. The number of likely N-dealkylation sites (N-methyl/N-ethyl adjacent to an activating group) is 1. The lowest BCUT2D eigenvalue weighted by Crippen LogP contribution is -2.48. The van der Waals surface area contributed by atoms with Crippen LogP contribution >= 0.6 is 0 Å². The molecule has 0 bridgehead atoms. The number of nitro groups is 1. The zero-order valence-electron chi connectivity index (χ0n) is 15.6. The molecule has 2 amide bonds. The first-order valence-electron chi connectivity index (χ1n) is 8.52. The van der Waals surface area contributed by atoms with Crippen LogP contribution in [0, 0.1) is 10.1 Å². The second-order valence-electron chi connectivity index (χ2n) is 6.22. The van der Waals surface area contributed by atoms with Gasteiger partial charge in [-0.15, -0.1) is 0 Å². The summed E-state index contributed by atoms with van der Waals surface area (Å²) in [7, 11) is 3.08. The van der Waals surface area contributed by atoms with Gasteiger partial charge < -0.3 is 19.7 Å². The fourth-order valence-electron chi connectivity index (χ4n) is 2.61. The van der Waals surface area contributed by atoms with Crippen molar-refractivity contribution in [1.29, 1.82) is 0 Å². The molecule has 1 aromatic rings. The number of ether oxygens (including phenoxy) is 2. The fourth-order valence-corrected chi connectivity index (χ4v) is 2.61. The molecule has 0 aliphatic carbocycles. The normalized spacial score (nSPS) is 15.3. The van der Waals surface area contributed by atoms with Gasteiger partial charge in [-0.25, -0.2) is 0 Å². The summed E-state index contributed by atoms with van der Waals surface area (Å²) in [5, 5.41) is 13.6. The highest BCUT2D eigenvalue weighted by Crippen LogP contribution is 2.29. The van der Waals surface area contributed by atoms with Gasteiger partial charge in [-0.05, 0) is 20.0 Å². The van der Waals surface area contributed by atoms with E-state index in [0.717, 1.165) is 0 Å². The smallest absolute Gasteiger partial charge is 0.271 e. The van der Waals surface area contributed by atoms with E-state index < -0.39 is 16.9 Å². The summed E-state index contributed by atoms with van der Waals surface area (Å²) in [4.78, 5) is 38.6. The number of nitro benzene ring substituents is 1. The maximum atomic E-state index is 12.5. The van der Waals surface area contributed by atoms with Crippen LogP contribution < -0.4 is 10.1 Å². The van der Waals surface area contributed by atoms with Crippen molar-refractivity contribution in [3.8, 4) is 5.75 Å². The molecule has 1 N–H and O–H groups in total. The third-order valence-corrected chi connectivity index (χ3v) is 4.44. The van der Waals surface area contributed by atoms with E-state index in [9.17, 15) is 19.7 Å². The molecular formula is C17H24N4O6. The minimum absolute atomic E-state index is 0.0756. The SMILES string of the molecule is COc1ccc([N+](=O)[O-])cc1NC(=O)[C@@H](C)N(C)CC(=O)N1CCOCC1. The molecule has 10 nitrogen and oxygen atoms in total. The molecule has 0 unspecified atom stereocenters. The first-order valence-corrected chi connectivity index (χ1v) is 8.52. The summed E-state index contributed by atoms with van der Waals surface area (Å²) in [5.41, 5.74) is 0.0473. The van der Waals surface area contributed by atoms with Gasteiger partial charge in [0.05, 0.1) is 43.5 Å². The van der Waals surface area contributed by atoms with Gasteiger partial charge >= 0.3 is 0 Å². The number of non-ortho nitro benzene ring substituents is 1. The number of rotatable bonds is 7. The van der Waals surface area contributed by atoms with Crippen LogP contribution in [0.25, 0.3) is 0 Å². The molecule has 1 atom stereocenters. The maximum Gasteiger partial charge on any atom is 0.271 e. The van der Waals surface area contributed by atoms with Crippen LogP contribution in [0.4, 0.5) is 11.4 Å². The van der Waals surface area contributed by atoms with Crippen molar-refractivity contribution >= 4 is 23.2 Å². The average Bonchev–Trinajstić information content (AvgIpc) is 2.67. The zero-order valence-corrected chi connectivity index (χ0v) is 15.6. The van der Waals surface area contributed by atoms with E-state index in [1.807, 2.05) is 0 Å². The Labute approximate surface area is 157 Å². The van der Waals surface area contributed by atoms with Crippen molar-refractivity contribution in [1.82, 2.24) is 9.80 Å². The molecule has 1 aromatic carbocycles.